The third kappa shape index (κ3) is 2.53. The fraction of sp³-hybridized carbons (Fsp3) is 0.375. The van der Waals surface area contributed by atoms with Gasteiger partial charge in [-0.25, -0.2) is 9.29 Å². The SMILES string of the molecule is COc1cc(N2C(=O)[C@@H]3[C@@H]4CCCN4[C@@]4(C(=O)Nc5ccc(F)cc54)[C@H]3C2=O)c(C)cc1[N+](=O)[O-]. The number of aryl methyl sites for hydroxylation is 1. The number of benzene rings is 2. The van der Waals surface area contributed by atoms with Crippen molar-refractivity contribution in [3.8, 4) is 5.75 Å². The van der Waals surface area contributed by atoms with Crippen molar-refractivity contribution >= 4 is 34.8 Å². The number of fused-ring (bicyclic) bond motifs is 7. The van der Waals surface area contributed by atoms with Crippen LogP contribution in [0.5, 0.6) is 5.75 Å². The second-order valence-corrected chi connectivity index (χ2v) is 9.40. The standard InChI is InChI=1S/C24H21FN4O6/c1-11-8-17(29(33)34)18(35-2)10-16(11)28-21(30)19-15-4-3-7-27(15)24(20(19)22(28)31)13-9-12(25)5-6-14(13)26-23(24)32/h5-6,8-10,15,19-20H,3-4,7H2,1-2H3,(H,26,32)/t15-,19+,20+,24+/m0/s1. The van der Waals surface area contributed by atoms with Crippen LogP contribution in [0.25, 0.3) is 0 Å². The van der Waals surface area contributed by atoms with Gasteiger partial charge in [0.2, 0.25) is 17.7 Å². The topological polar surface area (TPSA) is 122 Å². The third-order valence-corrected chi connectivity index (χ3v) is 7.89. The zero-order valence-electron chi connectivity index (χ0n) is 18.9. The summed E-state index contributed by atoms with van der Waals surface area (Å²) in [5.41, 5.74) is -0.472. The monoisotopic (exact) mass is 480 g/mol. The van der Waals surface area contributed by atoms with E-state index in [4.69, 9.17) is 4.74 Å². The van der Waals surface area contributed by atoms with E-state index < -0.39 is 45.8 Å². The molecule has 1 spiro atoms. The lowest BCUT2D eigenvalue weighted by Crippen LogP contribution is -2.54. The Labute approximate surface area is 198 Å². The number of nitro benzene ring substituents is 1. The van der Waals surface area contributed by atoms with Gasteiger partial charge in [0, 0.05) is 29.4 Å². The summed E-state index contributed by atoms with van der Waals surface area (Å²) >= 11 is 0. The fourth-order valence-electron chi connectivity index (χ4n) is 6.62. The summed E-state index contributed by atoms with van der Waals surface area (Å²) in [5, 5.41) is 14.2. The Hall–Kier alpha value is -3.86. The van der Waals surface area contributed by atoms with E-state index in [1.54, 1.807) is 6.92 Å². The first-order valence-corrected chi connectivity index (χ1v) is 11.3. The van der Waals surface area contributed by atoms with Crippen molar-refractivity contribution < 1.29 is 28.4 Å². The molecule has 3 saturated heterocycles. The van der Waals surface area contributed by atoms with Gasteiger partial charge in [-0.1, -0.05) is 0 Å². The highest BCUT2D eigenvalue weighted by Crippen LogP contribution is 2.61. The van der Waals surface area contributed by atoms with Gasteiger partial charge >= 0.3 is 5.69 Å². The maximum Gasteiger partial charge on any atom is 0.311 e. The van der Waals surface area contributed by atoms with Crippen molar-refractivity contribution in [2.45, 2.75) is 31.3 Å². The van der Waals surface area contributed by atoms with Gasteiger partial charge < -0.3 is 10.1 Å². The smallest absolute Gasteiger partial charge is 0.311 e. The van der Waals surface area contributed by atoms with E-state index in [0.717, 1.165) is 11.3 Å². The minimum Gasteiger partial charge on any atom is -0.490 e. The highest BCUT2D eigenvalue weighted by molar-refractivity contribution is 6.26. The average Bonchev–Trinajstić information content (AvgIpc) is 3.52. The van der Waals surface area contributed by atoms with Crippen molar-refractivity contribution in [2.24, 2.45) is 11.8 Å². The van der Waals surface area contributed by atoms with Gasteiger partial charge in [-0.2, -0.15) is 0 Å². The molecule has 4 aliphatic rings. The number of imide groups is 1. The molecule has 0 aliphatic carbocycles. The van der Waals surface area contributed by atoms with Gasteiger partial charge in [-0.05, 0) is 50.1 Å². The summed E-state index contributed by atoms with van der Waals surface area (Å²) < 4.78 is 19.5. The number of methoxy groups -OCH3 is 1. The van der Waals surface area contributed by atoms with Crippen LogP contribution < -0.4 is 15.0 Å². The largest absolute Gasteiger partial charge is 0.490 e. The number of hydrogen-bond acceptors (Lipinski definition) is 7. The van der Waals surface area contributed by atoms with Crippen LogP contribution >= 0.6 is 0 Å². The van der Waals surface area contributed by atoms with E-state index in [1.807, 2.05) is 4.90 Å². The highest BCUT2D eigenvalue weighted by atomic mass is 19.1. The number of carbonyl (C=O) groups is 3. The molecule has 11 heteroatoms. The van der Waals surface area contributed by atoms with Crippen LogP contribution in [0.2, 0.25) is 0 Å². The summed E-state index contributed by atoms with van der Waals surface area (Å²) in [5.74, 6) is -3.97. The molecule has 4 aliphatic heterocycles. The van der Waals surface area contributed by atoms with Gasteiger partial charge in [0.1, 0.15) is 11.4 Å². The summed E-state index contributed by atoms with van der Waals surface area (Å²) in [7, 11) is 1.27. The molecule has 6 rings (SSSR count). The predicted octanol–water partition coefficient (Wildman–Crippen LogP) is 2.48. The molecule has 180 valence electrons. The lowest BCUT2D eigenvalue weighted by atomic mass is 9.75. The molecule has 35 heavy (non-hydrogen) atoms. The summed E-state index contributed by atoms with van der Waals surface area (Å²) in [4.78, 5) is 55.2. The Bertz CT molecular complexity index is 1360. The van der Waals surface area contributed by atoms with E-state index in [9.17, 15) is 28.9 Å². The highest BCUT2D eigenvalue weighted by Gasteiger charge is 2.74. The number of nitrogens with zero attached hydrogens (tertiary/aromatic N) is 3. The second-order valence-electron chi connectivity index (χ2n) is 9.40. The molecule has 4 heterocycles. The van der Waals surface area contributed by atoms with Crippen molar-refractivity contribution in [3.63, 3.8) is 0 Å². The Morgan fingerprint density at radius 1 is 1.20 bits per heavy atom. The molecule has 3 amide bonds. The molecule has 0 saturated carbocycles. The van der Waals surface area contributed by atoms with Crippen molar-refractivity contribution in [2.75, 3.05) is 23.9 Å². The van der Waals surface area contributed by atoms with Crippen LogP contribution in [-0.2, 0) is 19.9 Å². The average molecular weight is 480 g/mol. The number of nitrogens with one attached hydrogen (secondary N) is 1. The lowest BCUT2D eigenvalue weighted by molar-refractivity contribution is -0.385. The molecule has 0 unspecified atom stereocenters. The first-order chi connectivity index (χ1) is 16.7. The number of nitro groups is 1. The quantitative estimate of drug-likeness (QED) is 0.407. The summed E-state index contributed by atoms with van der Waals surface area (Å²) in [6.07, 6.45) is 1.36. The maximum atomic E-state index is 14.4. The van der Waals surface area contributed by atoms with Crippen molar-refractivity contribution in [3.05, 3.63) is 57.4 Å². The van der Waals surface area contributed by atoms with Crippen LogP contribution in [0, 0.1) is 34.7 Å². The summed E-state index contributed by atoms with van der Waals surface area (Å²) in [6, 6.07) is 6.19. The van der Waals surface area contributed by atoms with E-state index in [2.05, 4.69) is 5.32 Å². The van der Waals surface area contributed by atoms with Crippen LogP contribution in [-0.4, -0.2) is 47.2 Å². The maximum absolute atomic E-state index is 14.4. The van der Waals surface area contributed by atoms with Gasteiger partial charge in [-0.15, -0.1) is 0 Å². The molecule has 0 radical (unpaired) electrons. The minimum absolute atomic E-state index is 0.0866. The van der Waals surface area contributed by atoms with Crippen LogP contribution in [0.4, 0.5) is 21.5 Å². The van der Waals surface area contributed by atoms with Gasteiger partial charge in [0.05, 0.1) is 29.6 Å². The van der Waals surface area contributed by atoms with Gasteiger partial charge in [-0.3, -0.25) is 29.4 Å². The number of halogens is 1. The molecule has 10 nitrogen and oxygen atoms in total. The van der Waals surface area contributed by atoms with Crippen molar-refractivity contribution in [1.29, 1.82) is 0 Å². The number of ether oxygens (including phenoxy) is 1. The Balaban J connectivity index is 1.54. The lowest BCUT2D eigenvalue weighted by Gasteiger charge is -2.36. The van der Waals surface area contributed by atoms with E-state index in [-0.39, 0.29) is 23.2 Å². The van der Waals surface area contributed by atoms with E-state index in [0.29, 0.717) is 29.8 Å². The minimum atomic E-state index is -1.50. The summed E-state index contributed by atoms with van der Waals surface area (Å²) in [6.45, 7) is 2.08. The molecule has 0 bridgehead atoms. The Kier molecular flexibility index (Phi) is 4.38. The molecule has 2 aromatic carbocycles. The number of hydrogen-bond donors (Lipinski definition) is 1. The third-order valence-electron chi connectivity index (χ3n) is 7.89. The first kappa shape index (κ1) is 21.7. The number of anilines is 2. The van der Waals surface area contributed by atoms with Crippen molar-refractivity contribution in [1.82, 2.24) is 4.90 Å². The molecule has 2 aromatic rings. The van der Waals surface area contributed by atoms with Gasteiger partial charge in [0.25, 0.3) is 0 Å². The van der Waals surface area contributed by atoms with Crippen LogP contribution in [0.3, 0.4) is 0 Å². The fourth-order valence-corrected chi connectivity index (χ4v) is 6.62. The van der Waals surface area contributed by atoms with Crippen LogP contribution in [0.15, 0.2) is 30.3 Å². The molecule has 0 aromatic heterocycles. The number of carbonyl (C=O) groups excluding carboxylic acids is 3. The first-order valence-electron chi connectivity index (χ1n) is 11.3. The van der Waals surface area contributed by atoms with Gasteiger partial charge in [0.15, 0.2) is 5.75 Å². The van der Waals surface area contributed by atoms with E-state index in [1.165, 1.54) is 37.4 Å². The normalized spacial score (nSPS) is 28.9. The Morgan fingerprint density at radius 2 is 1.97 bits per heavy atom. The predicted molar refractivity (Wildman–Crippen MR) is 120 cm³/mol. The second kappa shape index (κ2) is 7.08. The molecular formula is C24H21FN4O6. The Morgan fingerprint density at radius 3 is 2.69 bits per heavy atom. The molecule has 3 fully saturated rings. The van der Waals surface area contributed by atoms with Crippen LogP contribution in [0.1, 0.15) is 24.0 Å². The van der Waals surface area contributed by atoms with E-state index >= 15 is 0 Å². The number of rotatable bonds is 3. The zero-order valence-corrected chi connectivity index (χ0v) is 18.9. The number of amides is 3. The molecular weight excluding hydrogens is 459 g/mol. The molecule has 4 atom stereocenters. The molecule has 1 N–H and O–H groups in total. The zero-order chi connectivity index (χ0) is 24.8.